The summed E-state index contributed by atoms with van der Waals surface area (Å²) in [5.74, 6) is 0. The number of hydrogen-bond donors (Lipinski definition) is 1. The van der Waals surface area contributed by atoms with Gasteiger partial charge in [-0.25, -0.2) is 0 Å². The standard InChI is InChI=1S/C15H20O4/c1-2-8-18-14-11-19-13(15(14)16)10-17-9-12-6-4-3-5-7-12/h2-7,13-16H,1,8-11H2/t13-,14+,15-/m1/s1. The van der Waals surface area contributed by atoms with Gasteiger partial charge in [-0.1, -0.05) is 36.4 Å². The number of aliphatic hydroxyl groups is 1. The summed E-state index contributed by atoms with van der Waals surface area (Å²) in [7, 11) is 0. The first-order valence-corrected chi connectivity index (χ1v) is 6.45. The molecule has 0 unspecified atom stereocenters. The van der Waals surface area contributed by atoms with Crippen LogP contribution in [0.3, 0.4) is 0 Å². The summed E-state index contributed by atoms with van der Waals surface area (Å²) in [4.78, 5) is 0. The molecule has 0 aliphatic carbocycles. The zero-order valence-corrected chi connectivity index (χ0v) is 10.9. The monoisotopic (exact) mass is 264 g/mol. The van der Waals surface area contributed by atoms with Gasteiger partial charge in [0.15, 0.2) is 0 Å². The van der Waals surface area contributed by atoms with E-state index in [0.717, 1.165) is 5.56 Å². The van der Waals surface area contributed by atoms with Gasteiger partial charge in [-0.15, -0.1) is 6.58 Å². The summed E-state index contributed by atoms with van der Waals surface area (Å²) in [6.45, 7) is 5.28. The lowest BCUT2D eigenvalue weighted by Crippen LogP contribution is -2.34. The Kier molecular flexibility index (Phi) is 5.54. The minimum absolute atomic E-state index is 0.289. The molecule has 4 nitrogen and oxygen atoms in total. The Balaban J connectivity index is 1.70. The molecule has 1 N–H and O–H groups in total. The molecule has 0 amide bonds. The van der Waals surface area contributed by atoms with Crippen LogP contribution in [0.25, 0.3) is 0 Å². The number of hydrogen-bond acceptors (Lipinski definition) is 4. The van der Waals surface area contributed by atoms with Crippen molar-refractivity contribution in [3.8, 4) is 0 Å². The Morgan fingerprint density at radius 1 is 1.37 bits per heavy atom. The van der Waals surface area contributed by atoms with E-state index in [0.29, 0.717) is 26.4 Å². The smallest absolute Gasteiger partial charge is 0.111 e. The predicted octanol–water partition coefficient (Wildman–Crippen LogP) is 1.53. The molecule has 3 atom stereocenters. The highest BCUT2D eigenvalue weighted by Crippen LogP contribution is 2.18. The lowest BCUT2D eigenvalue weighted by atomic mass is 10.1. The quantitative estimate of drug-likeness (QED) is 0.759. The molecule has 0 radical (unpaired) electrons. The van der Waals surface area contributed by atoms with Gasteiger partial charge in [-0.3, -0.25) is 0 Å². The Bertz CT molecular complexity index is 379. The van der Waals surface area contributed by atoms with E-state index in [4.69, 9.17) is 14.2 Å². The number of aliphatic hydroxyl groups excluding tert-OH is 1. The summed E-state index contributed by atoms with van der Waals surface area (Å²) in [5.41, 5.74) is 1.11. The lowest BCUT2D eigenvalue weighted by molar-refractivity contribution is -0.0410. The van der Waals surface area contributed by atoms with Gasteiger partial charge in [-0.2, -0.15) is 0 Å². The third kappa shape index (κ3) is 4.14. The molecule has 0 spiro atoms. The van der Waals surface area contributed by atoms with E-state index in [1.807, 2.05) is 30.3 Å². The highest BCUT2D eigenvalue weighted by Gasteiger charge is 2.36. The van der Waals surface area contributed by atoms with Crippen LogP contribution in [-0.4, -0.2) is 43.2 Å². The zero-order chi connectivity index (χ0) is 13.5. The average Bonchev–Trinajstić information content (AvgIpc) is 2.79. The molecule has 104 valence electrons. The van der Waals surface area contributed by atoms with Crippen LogP contribution < -0.4 is 0 Å². The van der Waals surface area contributed by atoms with E-state index in [2.05, 4.69) is 6.58 Å². The molecular formula is C15H20O4. The van der Waals surface area contributed by atoms with E-state index in [1.54, 1.807) is 6.08 Å². The molecule has 0 saturated carbocycles. The summed E-state index contributed by atoms with van der Waals surface area (Å²) >= 11 is 0. The fourth-order valence-electron chi connectivity index (χ4n) is 2.01. The Morgan fingerprint density at radius 2 is 2.16 bits per heavy atom. The fraction of sp³-hybridized carbons (Fsp3) is 0.467. The van der Waals surface area contributed by atoms with Crippen molar-refractivity contribution in [2.75, 3.05) is 19.8 Å². The Labute approximate surface area is 113 Å². The predicted molar refractivity (Wildman–Crippen MR) is 71.8 cm³/mol. The molecule has 4 heteroatoms. The van der Waals surface area contributed by atoms with Crippen LogP contribution in [0.4, 0.5) is 0 Å². The van der Waals surface area contributed by atoms with Crippen LogP contribution in [0.1, 0.15) is 5.56 Å². The summed E-state index contributed by atoms with van der Waals surface area (Å²) < 4.78 is 16.5. The third-order valence-electron chi connectivity index (χ3n) is 3.06. The largest absolute Gasteiger partial charge is 0.388 e. The minimum Gasteiger partial charge on any atom is -0.388 e. The molecule has 1 aromatic carbocycles. The van der Waals surface area contributed by atoms with Crippen LogP contribution in [0, 0.1) is 0 Å². The molecule has 1 fully saturated rings. The molecule has 1 saturated heterocycles. The summed E-state index contributed by atoms with van der Waals surface area (Å²) in [6.07, 6.45) is 0.406. The molecule has 0 aromatic heterocycles. The van der Waals surface area contributed by atoms with Gasteiger partial charge in [0, 0.05) is 0 Å². The maximum atomic E-state index is 10.0. The van der Waals surface area contributed by atoms with Crippen LogP contribution in [-0.2, 0) is 20.8 Å². The van der Waals surface area contributed by atoms with Crippen molar-refractivity contribution in [3.63, 3.8) is 0 Å². The SMILES string of the molecule is C=CCO[C@H]1CO[C@H](COCc2ccccc2)[C@H]1O. The van der Waals surface area contributed by atoms with Crippen LogP contribution in [0.2, 0.25) is 0 Å². The highest BCUT2D eigenvalue weighted by molar-refractivity contribution is 5.13. The minimum atomic E-state index is -0.643. The zero-order valence-electron chi connectivity index (χ0n) is 10.9. The third-order valence-corrected chi connectivity index (χ3v) is 3.06. The van der Waals surface area contributed by atoms with Crippen molar-refractivity contribution in [1.82, 2.24) is 0 Å². The van der Waals surface area contributed by atoms with Gasteiger partial charge >= 0.3 is 0 Å². The van der Waals surface area contributed by atoms with Gasteiger partial charge in [0.05, 0.1) is 26.4 Å². The van der Waals surface area contributed by atoms with E-state index < -0.39 is 6.10 Å². The Hall–Kier alpha value is -1.20. The molecular weight excluding hydrogens is 244 g/mol. The van der Waals surface area contributed by atoms with E-state index in [1.165, 1.54) is 0 Å². The van der Waals surface area contributed by atoms with E-state index in [-0.39, 0.29) is 12.2 Å². The second-order valence-corrected chi connectivity index (χ2v) is 4.52. The van der Waals surface area contributed by atoms with Crippen LogP contribution >= 0.6 is 0 Å². The first-order valence-electron chi connectivity index (χ1n) is 6.45. The van der Waals surface area contributed by atoms with Crippen molar-refractivity contribution in [3.05, 3.63) is 48.6 Å². The van der Waals surface area contributed by atoms with Gasteiger partial charge in [0.25, 0.3) is 0 Å². The molecule has 1 heterocycles. The van der Waals surface area contributed by atoms with Crippen molar-refractivity contribution >= 4 is 0 Å². The van der Waals surface area contributed by atoms with Gasteiger partial charge in [0.2, 0.25) is 0 Å². The maximum Gasteiger partial charge on any atom is 0.111 e. The molecule has 1 aromatic rings. The average molecular weight is 264 g/mol. The summed E-state index contributed by atoms with van der Waals surface area (Å²) in [5, 5.41) is 10.0. The molecule has 1 aliphatic heterocycles. The molecule has 19 heavy (non-hydrogen) atoms. The van der Waals surface area contributed by atoms with E-state index >= 15 is 0 Å². The van der Waals surface area contributed by atoms with Gasteiger partial charge < -0.3 is 19.3 Å². The van der Waals surface area contributed by atoms with Crippen molar-refractivity contribution < 1.29 is 19.3 Å². The normalized spacial score (nSPS) is 26.5. The van der Waals surface area contributed by atoms with E-state index in [9.17, 15) is 5.11 Å². The molecule has 0 bridgehead atoms. The number of benzene rings is 1. The molecule has 2 rings (SSSR count). The first-order chi connectivity index (χ1) is 9.31. The Morgan fingerprint density at radius 3 is 2.89 bits per heavy atom. The van der Waals surface area contributed by atoms with Crippen molar-refractivity contribution in [2.24, 2.45) is 0 Å². The van der Waals surface area contributed by atoms with Crippen molar-refractivity contribution in [2.45, 2.75) is 24.9 Å². The second kappa shape index (κ2) is 7.40. The lowest BCUT2D eigenvalue weighted by Gasteiger charge is -2.17. The maximum absolute atomic E-state index is 10.0. The highest BCUT2D eigenvalue weighted by atomic mass is 16.6. The van der Waals surface area contributed by atoms with Gasteiger partial charge in [-0.05, 0) is 5.56 Å². The van der Waals surface area contributed by atoms with Gasteiger partial charge in [0.1, 0.15) is 18.3 Å². The molecule has 1 aliphatic rings. The summed E-state index contributed by atoms with van der Waals surface area (Å²) in [6, 6.07) is 9.91. The number of ether oxygens (including phenoxy) is 3. The van der Waals surface area contributed by atoms with Crippen molar-refractivity contribution in [1.29, 1.82) is 0 Å². The van der Waals surface area contributed by atoms with Crippen LogP contribution in [0.15, 0.2) is 43.0 Å². The number of rotatable bonds is 7. The fourth-order valence-corrected chi connectivity index (χ4v) is 2.01. The first kappa shape index (κ1) is 14.2. The topological polar surface area (TPSA) is 47.9 Å². The van der Waals surface area contributed by atoms with Crippen LogP contribution in [0.5, 0.6) is 0 Å². The second-order valence-electron chi connectivity index (χ2n) is 4.52.